The van der Waals surface area contributed by atoms with Crippen molar-refractivity contribution in [2.75, 3.05) is 13.2 Å². The van der Waals surface area contributed by atoms with Crippen molar-refractivity contribution in [3.05, 3.63) is 36.5 Å². The molecule has 21 heavy (non-hydrogen) atoms. The molecule has 3 nitrogen and oxygen atoms in total. The molecule has 0 saturated heterocycles. The van der Waals surface area contributed by atoms with E-state index in [0.717, 1.165) is 42.1 Å². The maximum atomic E-state index is 6.02. The van der Waals surface area contributed by atoms with Crippen LogP contribution >= 0.6 is 0 Å². The fourth-order valence-electron chi connectivity index (χ4n) is 3.43. The van der Waals surface area contributed by atoms with E-state index >= 15 is 0 Å². The fraction of sp³-hybridized carbons (Fsp3) is 0.500. The third kappa shape index (κ3) is 3.35. The van der Waals surface area contributed by atoms with Crippen LogP contribution in [0.15, 0.2) is 36.5 Å². The molecule has 1 N–H and O–H groups in total. The molecule has 0 amide bonds. The van der Waals surface area contributed by atoms with E-state index in [4.69, 9.17) is 4.74 Å². The highest BCUT2D eigenvalue weighted by Gasteiger charge is 2.26. The van der Waals surface area contributed by atoms with E-state index < -0.39 is 0 Å². The summed E-state index contributed by atoms with van der Waals surface area (Å²) in [5.41, 5.74) is 0.967. The van der Waals surface area contributed by atoms with Crippen LogP contribution in [0.1, 0.15) is 32.6 Å². The zero-order chi connectivity index (χ0) is 14.5. The van der Waals surface area contributed by atoms with E-state index in [9.17, 15) is 0 Å². The fourth-order valence-corrected chi connectivity index (χ4v) is 3.43. The Balaban J connectivity index is 1.59. The Hall–Kier alpha value is -1.61. The molecule has 1 aromatic carbocycles. The monoisotopic (exact) mass is 284 g/mol. The summed E-state index contributed by atoms with van der Waals surface area (Å²) in [7, 11) is 0. The molecule has 1 aromatic heterocycles. The minimum Gasteiger partial charge on any atom is -0.491 e. The smallest absolute Gasteiger partial charge is 0.145 e. The van der Waals surface area contributed by atoms with Gasteiger partial charge in [0.15, 0.2) is 0 Å². The van der Waals surface area contributed by atoms with Crippen molar-refractivity contribution in [1.82, 2.24) is 10.3 Å². The highest BCUT2D eigenvalue weighted by atomic mass is 16.5. The van der Waals surface area contributed by atoms with Gasteiger partial charge in [0, 0.05) is 17.6 Å². The minimum atomic E-state index is 0.684. The summed E-state index contributed by atoms with van der Waals surface area (Å²) >= 11 is 0. The summed E-state index contributed by atoms with van der Waals surface area (Å²) < 4.78 is 6.02. The molecule has 2 aromatic rings. The van der Waals surface area contributed by atoms with Gasteiger partial charge < -0.3 is 10.1 Å². The van der Waals surface area contributed by atoms with E-state index in [2.05, 4.69) is 29.4 Å². The average molecular weight is 284 g/mol. The summed E-state index contributed by atoms with van der Waals surface area (Å²) in [6.45, 7) is 4.03. The molecule has 3 heteroatoms. The number of fused-ring (bicyclic) bond motifs is 1. The lowest BCUT2D eigenvalue weighted by Gasteiger charge is -2.20. The Labute approximate surface area is 126 Å². The number of nitrogens with zero attached hydrogens (tertiary/aromatic N) is 1. The van der Waals surface area contributed by atoms with Crippen LogP contribution in [0.5, 0.6) is 5.75 Å². The summed E-state index contributed by atoms with van der Waals surface area (Å²) in [6, 6.07) is 10.9. The van der Waals surface area contributed by atoms with Crippen LogP contribution in [0.25, 0.3) is 10.9 Å². The van der Waals surface area contributed by atoms with Gasteiger partial charge in [-0.15, -0.1) is 0 Å². The van der Waals surface area contributed by atoms with E-state index in [1.54, 1.807) is 0 Å². The molecule has 1 fully saturated rings. The van der Waals surface area contributed by atoms with Crippen LogP contribution < -0.4 is 10.1 Å². The van der Waals surface area contributed by atoms with E-state index in [-0.39, 0.29) is 0 Å². The largest absolute Gasteiger partial charge is 0.491 e. The summed E-state index contributed by atoms with van der Waals surface area (Å²) in [4.78, 5) is 4.44. The number of ether oxygens (including phenoxy) is 1. The first-order chi connectivity index (χ1) is 10.4. The molecule has 1 aliphatic carbocycles. The number of benzene rings is 1. The normalized spacial score (nSPS) is 21.8. The average Bonchev–Trinajstić information content (AvgIpc) is 2.95. The zero-order valence-electron chi connectivity index (χ0n) is 12.7. The van der Waals surface area contributed by atoms with Gasteiger partial charge in [0.1, 0.15) is 11.3 Å². The lowest BCUT2D eigenvalue weighted by atomic mass is 10.00. The van der Waals surface area contributed by atoms with Gasteiger partial charge in [-0.25, -0.2) is 0 Å². The lowest BCUT2D eigenvalue weighted by molar-refractivity contribution is 0.263. The number of hydrogen-bond donors (Lipinski definition) is 1. The second-order valence-corrected chi connectivity index (χ2v) is 5.82. The van der Waals surface area contributed by atoms with Crippen molar-refractivity contribution in [3.8, 4) is 5.75 Å². The van der Waals surface area contributed by atoms with Crippen molar-refractivity contribution < 1.29 is 4.74 Å². The molecule has 0 bridgehead atoms. The van der Waals surface area contributed by atoms with Gasteiger partial charge in [-0.05, 0) is 43.9 Å². The van der Waals surface area contributed by atoms with Gasteiger partial charge in [0.05, 0.1) is 6.61 Å². The van der Waals surface area contributed by atoms with E-state index in [1.807, 2.05) is 24.4 Å². The third-order valence-electron chi connectivity index (χ3n) is 4.47. The Bertz CT molecular complexity index is 579. The Morgan fingerprint density at radius 1 is 1.24 bits per heavy atom. The van der Waals surface area contributed by atoms with Gasteiger partial charge in [-0.3, -0.25) is 4.98 Å². The predicted octanol–water partition coefficient (Wildman–Crippen LogP) is 3.78. The van der Waals surface area contributed by atoms with Crippen LogP contribution in [0.4, 0.5) is 0 Å². The number of para-hydroxylation sites is 1. The molecular formula is C18H24N2O. The van der Waals surface area contributed by atoms with Crippen LogP contribution in [0.2, 0.25) is 0 Å². The van der Waals surface area contributed by atoms with Gasteiger partial charge >= 0.3 is 0 Å². The highest BCUT2D eigenvalue weighted by molar-refractivity contribution is 5.84. The molecule has 1 saturated carbocycles. The number of rotatable bonds is 6. The van der Waals surface area contributed by atoms with E-state index in [1.165, 1.54) is 19.3 Å². The van der Waals surface area contributed by atoms with Gasteiger partial charge in [-0.2, -0.15) is 0 Å². The standard InChI is InChI=1S/C18H24N2O/c1-2-19-16-9-3-6-14(16)11-13-21-17-10-4-7-15-8-5-12-20-18(15)17/h4-5,7-8,10,12,14,16,19H,2-3,6,9,11,13H2,1H3. The molecule has 0 spiro atoms. The highest BCUT2D eigenvalue weighted by Crippen LogP contribution is 2.29. The number of pyridine rings is 1. The molecule has 0 aliphatic heterocycles. The minimum absolute atomic E-state index is 0.684. The lowest BCUT2D eigenvalue weighted by Crippen LogP contribution is -2.32. The molecule has 2 atom stereocenters. The van der Waals surface area contributed by atoms with Crippen molar-refractivity contribution in [2.45, 2.75) is 38.6 Å². The van der Waals surface area contributed by atoms with Crippen molar-refractivity contribution in [3.63, 3.8) is 0 Å². The first-order valence-electron chi connectivity index (χ1n) is 8.08. The number of hydrogen-bond acceptors (Lipinski definition) is 3. The zero-order valence-corrected chi connectivity index (χ0v) is 12.7. The Morgan fingerprint density at radius 3 is 3.05 bits per heavy atom. The molecule has 2 unspecified atom stereocenters. The van der Waals surface area contributed by atoms with Crippen molar-refractivity contribution in [1.29, 1.82) is 0 Å². The summed E-state index contributed by atoms with van der Waals surface area (Å²) in [5, 5.41) is 4.75. The maximum Gasteiger partial charge on any atom is 0.145 e. The van der Waals surface area contributed by atoms with E-state index in [0.29, 0.717) is 6.04 Å². The molecule has 0 radical (unpaired) electrons. The van der Waals surface area contributed by atoms with Crippen LogP contribution in [0, 0.1) is 5.92 Å². The quantitative estimate of drug-likeness (QED) is 0.876. The number of aromatic nitrogens is 1. The topological polar surface area (TPSA) is 34.1 Å². The summed E-state index contributed by atoms with van der Waals surface area (Å²) in [6.07, 6.45) is 6.94. The summed E-state index contributed by atoms with van der Waals surface area (Å²) in [5.74, 6) is 1.67. The van der Waals surface area contributed by atoms with Gasteiger partial charge in [0.2, 0.25) is 0 Å². The van der Waals surface area contributed by atoms with Crippen LogP contribution in [-0.2, 0) is 0 Å². The van der Waals surface area contributed by atoms with Crippen LogP contribution in [0.3, 0.4) is 0 Å². The first-order valence-corrected chi connectivity index (χ1v) is 8.08. The van der Waals surface area contributed by atoms with Crippen molar-refractivity contribution in [2.24, 2.45) is 5.92 Å². The predicted molar refractivity (Wildman–Crippen MR) is 86.7 cm³/mol. The SMILES string of the molecule is CCNC1CCCC1CCOc1cccc2cccnc12. The Morgan fingerprint density at radius 2 is 2.14 bits per heavy atom. The first kappa shape index (κ1) is 14.3. The maximum absolute atomic E-state index is 6.02. The molecule has 1 aliphatic rings. The van der Waals surface area contributed by atoms with Crippen molar-refractivity contribution >= 4 is 10.9 Å². The molecular weight excluding hydrogens is 260 g/mol. The molecule has 1 heterocycles. The Kier molecular flexibility index (Phi) is 4.71. The van der Waals surface area contributed by atoms with Gasteiger partial charge in [0.25, 0.3) is 0 Å². The third-order valence-corrected chi connectivity index (χ3v) is 4.47. The number of nitrogens with one attached hydrogen (secondary N) is 1. The van der Waals surface area contributed by atoms with Gasteiger partial charge in [-0.1, -0.05) is 31.5 Å². The second kappa shape index (κ2) is 6.90. The molecule has 112 valence electrons. The molecule has 3 rings (SSSR count). The second-order valence-electron chi connectivity index (χ2n) is 5.82. The van der Waals surface area contributed by atoms with Crippen LogP contribution in [-0.4, -0.2) is 24.2 Å².